The summed E-state index contributed by atoms with van der Waals surface area (Å²) in [5.74, 6) is -0.601. The van der Waals surface area contributed by atoms with Crippen LogP contribution < -0.4 is 0 Å². The quantitative estimate of drug-likeness (QED) is 0.424. The van der Waals surface area contributed by atoms with Crippen LogP contribution in [0.25, 0.3) is 0 Å². The summed E-state index contributed by atoms with van der Waals surface area (Å²) < 4.78 is 30.8. The predicted octanol–water partition coefficient (Wildman–Crippen LogP) is 3.70. The van der Waals surface area contributed by atoms with Gasteiger partial charge in [0.25, 0.3) is 6.43 Å². The Morgan fingerprint density at radius 2 is 2.29 bits per heavy atom. The van der Waals surface area contributed by atoms with E-state index in [4.69, 9.17) is 4.74 Å². The molecular formula is C10H9BrF2INO2. The van der Waals surface area contributed by atoms with Crippen LogP contribution in [-0.2, 0) is 10.1 Å². The van der Waals surface area contributed by atoms with Crippen LogP contribution >= 0.6 is 38.5 Å². The Labute approximate surface area is 119 Å². The van der Waals surface area contributed by atoms with Crippen LogP contribution in [-0.4, -0.2) is 17.6 Å². The number of hydrogen-bond donors (Lipinski definition) is 0. The first kappa shape index (κ1) is 14.7. The summed E-state index contributed by atoms with van der Waals surface area (Å²) in [6, 6.07) is 0. The zero-order valence-corrected chi connectivity index (χ0v) is 12.6. The molecule has 0 aromatic carbocycles. The molecule has 0 spiro atoms. The van der Waals surface area contributed by atoms with Gasteiger partial charge in [-0.25, -0.2) is 13.6 Å². The lowest BCUT2D eigenvalue weighted by molar-refractivity contribution is 0.0523. The third-order valence-corrected chi connectivity index (χ3v) is 3.37. The maximum atomic E-state index is 12.7. The first-order chi connectivity index (χ1) is 8.02. The van der Waals surface area contributed by atoms with Gasteiger partial charge >= 0.3 is 5.97 Å². The number of aromatic nitrogens is 1. The summed E-state index contributed by atoms with van der Waals surface area (Å²) in [6.45, 7) is 1.86. The van der Waals surface area contributed by atoms with Crippen molar-refractivity contribution < 1.29 is 18.3 Å². The second kappa shape index (κ2) is 6.58. The van der Waals surface area contributed by atoms with Crippen molar-refractivity contribution in [1.29, 1.82) is 0 Å². The Balaban J connectivity index is 3.35. The molecule has 0 unspecified atom stereocenters. The van der Waals surface area contributed by atoms with E-state index in [0.29, 0.717) is 3.57 Å². The molecule has 0 saturated heterocycles. The molecule has 0 bridgehead atoms. The molecule has 0 radical (unpaired) electrons. The van der Waals surface area contributed by atoms with E-state index in [2.05, 4.69) is 20.9 Å². The SMILES string of the molecule is CCOC(=O)c1c(I)cnc(C(F)F)c1CBr. The minimum Gasteiger partial charge on any atom is -0.462 e. The number of carbonyl (C=O) groups excluding carboxylic acids is 1. The Kier molecular flexibility index (Phi) is 5.71. The molecule has 0 saturated carbocycles. The number of pyridine rings is 1. The Morgan fingerprint density at radius 3 is 2.76 bits per heavy atom. The average molecular weight is 420 g/mol. The van der Waals surface area contributed by atoms with Gasteiger partial charge in [0.1, 0.15) is 5.69 Å². The highest BCUT2D eigenvalue weighted by atomic mass is 127. The minimum absolute atomic E-state index is 0.130. The fraction of sp³-hybridized carbons (Fsp3) is 0.400. The van der Waals surface area contributed by atoms with Crippen LogP contribution in [0.15, 0.2) is 6.20 Å². The molecular weight excluding hydrogens is 411 g/mol. The maximum Gasteiger partial charge on any atom is 0.339 e. The number of carbonyl (C=O) groups is 1. The van der Waals surface area contributed by atoms with Crippen LogP contribution in [0.4, 0.5) is 8.78 Å². The minimum atomic E-state index is -2.72. The molecule has 0 amide bonds. The summed E-state index contributed by atoms with van der Waals surface area (Å²) in [4.78, 5) is 15.4. The van der Waals surface area contributed by atoms with E-state index in [1.807, 2.05) is 22.6 Å². The summed E-state index contributed by atoms with van der Waals surface area (Å²) in [5.41, 5.74) is -0.0367. The first-order valence-corrected chi connectivity index (χ1v) is 6.91. The summed E-state index contributed by atoms with van der Waals surface area (Å²) in [7, 11) is 0. The number of ether oxygens (including phenoxy) is 1. The summed E-state index contributed by atoms with van der Waals surface area (Å²) in [6.07, 6.45) is -1.46. The first-order valence-electron chi connectivity index (χ1n) is 4.71. The number of alkyl halides is 3. The second-order valence-electron chi connectivity index (χ2n) is 3.00. The molecule has 1 aromatic heterocycles. The third kappa shape index (κ3) is 3.34. The van der Waals surface area contributed by atoms with E-state index in [0.717, 1.165) is 0 Å². The third-order valence-electron chi connectivity index (χ3n) is 1.99. The van der Waals surface area contributed by atoms with Crippen molar-refractivity contribution in [2.75, 3.05) is 6.61 Å². The van der Waals surface area contributed by atoms with Crippen molar-refractivity contribution in [2.45, 2.75) is 18.7 Å². The molecule has 0 aliphatic carbocycles. The molecule has 1 heterocycles. The molecule has 3 nitrogen and oxygen atoms in total. The van der Waals surface area contributed by atoms with E-state index in [9.17, 15) is 13.6 Å². The standard InChI is InChI=1S/C10H9BrF2INO2/c1-2-17-10(16)7-5(3-11)8(9(12)13)15-4-6(7)14/h4,9H,2-3H2,1H3. The second-order valence-corrected chi connectivity index (χ2v) is 4.72. The molecule has 0 aliphatic rings. The fourth-order valence-corrected chi connectivity index (χ4v) is 2.54. The van der Waals surface area contributed by atoms with Crippen molar-refractivity contribution in [1.82, 2.24) is 4.98 Å². The molecule has 1 aromatic rings. The van der Waals surface area contributed by atoms with Crippen LogP contribution in [0.2, 0.25) is 0 Å². The van der Waals surface area contributed by atoms with E-state index >= 15 is 0 Å². The normalized spacial score (nSPS) is 10.7. The lowest BCUT2D eigenvalue weighted by Crippen LogP contribution is -2.13. The van der Waals surface area contributed by atoms with E-state index < -0.39 is 12.4 Å². The molecule has 0 N–H and O–H groups in total. The van der Waals surface area contributed by atoms with Crippen LogP contribution in [0, 0.1) is 3.57 Å². The molecule has 17 heavy (non-hydrogen) atoms. The van der Waals surface area contributed by atoms with E-state index in [1.54, 1.807) is 6.92 Å². The highest BCUT2D eigenvalue weighted by Gasteiger charge is 2.24. The molecule has 7 heteroatoms. The van der Waals surface area contributed by atoms with Gasteiger partial charge in [-0.2, -0.15) is 0 Å². The van der Waals surface area contributed by atoms with Crippen LogP contribution in [0.5, 0.6) is 0 Å². The van der Waals surface area contributed by atoms with E-state index in [-0.39, 0.29) is 28.8 Å². The smallest absolute Gasteiger partial charge is 0.339 e. The van der Waals surface area contributed by atoms with Gasteiger partial charge in [0.15, 0.2) is 0 Å². The summed E-state index contributed by atoms with van der Waals surface area (Å²) in [5, 5.41) is 0.130. The lowest BCUT2D eigenvalue weighted by atomic mass is 10.1. The van der Waals surface area contributed by atoms with Gasteiger partial charge in [0, 0.05) is 20.7 Å². The Bertz CT molecular complexity index is 429. The predicted molar refractivity (Wildman–Crippen MR) is 70.5 cm³/mol. The van der Waals surface area contributed by atoms with Crippen molar-refractivity contribution in [2.24, 2.45) is 0 Å². The van der Waals surface area contributed by atoms with Gasteiger partial charge in [0.05, 0.1) is 12.2 Å². The van der Waals surface area contributed by atoms with Gasteiger partial charge in [-0.15, -0.1) is 0 Å². The van der Waals surface area contributed by atoms with E-state index in [1.165, 1.54) is 6.20 Å². The van der Waals surface area contributed by atoms with Gasteiger partial charge in [0.2, 0.25) is 0 Å². The van der Waals surface area contributed by atoms with Gasteiger partial charge in [-0.1, -0.05) is 15.9 Å². The molecule has 0 atom stereocenters. The number of hydrogen-bond acceptors (Lipinski definition) is 3. The monoisotopic (exact) mass is 419 g/mol. The average Bonchev–Trinajstić information content (AvgIpc) is 2.28. The van der Waals surface area contributed by atoms with Gasteiger partial charge < -0.3 is 4.74 Å². The number of halogens is 4. The molecule has 0 fully saturated rings. The maximum absolute atomic E-state index is 12.7. The van der Waals surface area contributed by atoms with Gasteiger partial charge in [-0.3, -0.25) is 4.98 Å². The Hall–Kier alpha value is -0.310. The molecule has 94 valence electrons. The fourth-order valence-electron chi connectivity index (χ4n) is 1.29. The van der Waals surface area contributed by atoms with Crippen LogP contribution in [0.1, 0.15) is 35.0 Å². The highest BCUT2D eigenvalue weighted by molar-refractivity contribution is 14.1. The van der Waals surface area contributed by atoms with Crippen molar-refractivity contribution in [3.05, 3.63) is 26.6 Å². The zero-order chi connectivity index (χ0) is 13.0. The molecule has 1 rings (SSSR count). The zero-order valence-electron chi connectivity index (χ0n) is 8.84. The van der Waals surface area contributed by atoms with Crippen molar-refractivity contribution in [3.8, 4) is 0 Å². The van der Waals surface area contributed by atoms with Crippen molar-refractivity contribution in [3.63, 3.8) is 0 Å². The number of esters is 1. The number of rotatable bonds is 4. The van der Waals surface area contributed by atoms with Gasteiger partial charge in [-0.05, 0) is 29.5 Å². The van der Waals surface area contributed by atoms with Crippen LogP contribution in [0.3, 0.4) is 0 Å². The molecule has 0 aliphatic heterocycles. The van der Waals surface area contributed by atoms with Crippen molar-refractivity contribution >= 4 is 44.5 Å². The largest absolute Gasteiger partial charge is 0.462 e. The lowest BCUT2D eigenvalue weighted by Gasteiger charge is -2.12. The number of nitrogens with zero attached hydrogens (tertiary/aromatic N) is 1. The Morgan fingerprint density at radius 1 is 1.65 bits per heavy atom. The summed E-state index contributed by atoms with van der Waals surface area (Å²) >= 11 is 4.97. The topological polar surface area (TPSA) is 39.2 Å². The highest BCUT2D eigenvalue weighted by Crippen LogP contribution is 2.28.